The van der Waals surface area contributed by atoms with Gasteiger partial charge in [-0.15, -0.1) is 5.10 Å². The Hall–Kier alpha value is -1.99. The lowest BCUT2D eigenvalue weighted by atomic mass is 10.1. The van der Waals surface area contributed by atoms with Gasteiger partial charge in [-0.3, -0.25) is 4.79 Å². The summed E-state index contributed by atoms with van der Waals surface area (Å²) in [6.07, 6.45) is 1.45. The molecule has 100 valence electrons. The Morgan fingerprint density at radius 3 is 2.79 bits per heavy atom. The molecule has 1 amide bonds. The van der Waals surface area contributed by atoms with Crippen molar-refractivity contribution in [3.8, 4) is 5.69 Å². The molecule has 0 spiro atoms. The van der Waals surface area contributed by atoms with Crippen LogP contribution in [-0.2, 0) is 4.79 Å². The molecule has 3 N–H and O–H groups in total. The summed E-state index contributed by atoms with van der Waals surface area (Å²) in [6.45, 7) is 3.23. The molecule has 0 unspecified atom stereocenters. The predicted molar refractivity (Wildman–Crippen MR) is 71.1 cm³/mol. The summed E-state index contributed by atoms with van der Waals surface area (Å²) in [6, 6.07) is 5.06. The lowest BCUT2D eigenvalue weighted by Crippen LogP contribution is -2.45. The van der Waals surface area contributed by atoms with Gasteiger partial charge in [-0.1, -0.05) is 11.6 Å². The molecule has 0 bridgehead atoms. The number of hydrogen-bond acceptors (Lipinski definition) is 5. The van der Waals surface area contributed by atoms with Crippen LogP contribution < -0.4 is 11.1 Å². The number of benzene rings is 1. The van der Waals surface area contributed by atoms with Crippen molar-refractivity contribution in [1.29, 1.82) is 0 Å². The highest BCUT2D eigenvalue weighted by Gasteiger charge is 2.22. The minimum Gasteiger partial charge on any atom is -0.323 e. The van der Waals surface area contributed by atoms with Crippen LogP contribution in [0.4, 0.5) is 5.69 Å². The average molecular weight is 281 g/mol. The fourth-order valence-corrected chi connectivity index (χ4v) is 1.48. The third kappa shape index (κ3) is 3.07. The first-order chi connectivity index (χ1) is 8.88. The largest absolute Gasteiger partial charge is 0.323 e. The first-order valence-electron chi connectivity index (χ1n) is 5.51. The van der Waals surface area contributed by atoms with Crippen molar-refractivity contribution < 1.29 is 4.79 Å². The van der Waals surface area contributed by atoms with Crippen LogP contribution >= 0.6 is 11.6 Å². The van der Waals surface area contributed by atoms with Crippen LogP contribution in [0.1, 0.15) is 13.8 Å². The van der Waals surface area contributed by atoms with E-state index in [1.807, 2.05) is 0 Å². The maximum absolute atomic E-state index is 11.8. The SMILES string of the molecule is CC(C)(N)C(=O)Nc1cc(-n2cnnn2)ccc1Cl. The van der Waals surface area contributed by atoms with Crippen LogP contribution in [0.2, 0.25) is 5.02 Å². The zero-order chi connectivity index (χ0) is 14.0. The second-order valence-corrected chi connectivity index (χ2v) is 5.00. The summed E-state index contributed by atoms with van der Waals surface area (Å²) in [5.74, 6) is -0.330. The lowest BCUT2D eigenvalue weighted by molar-refractivity contribution is -0.120. The molecule has 0 aliphatic heterocycles. The van der Waals surface area contributed by atoms with E-state index >= 15 is 0 Å². The summed E-state index contributed by atoms with van der Waals surface area (Å²) in [5, 5.41) is 13.9. The van der Waals surface area contributed by atoms with Gasteiger partial charge in [0.2, 0.25) is 5.91 Å². The van der Waals surface area contributed by atoms with Crippen LogP contribution in [0.15, 0.2) is 24.5 Å². The molecule has 0 aliphatic carbocycles. The molecule has 0 fully saturated rings. The van der Waals surface area contributed by atoms with Crippen LogP contribution in [0.25, 0.3) is 5.69 Å². The third-order valence-electron chi connectivity index (χ3n) is 2.40. The van der Waals surface area contributed by atoms with Gasteiger partial charge < -0.3 is 11.1 Å². The summed E-state index contributed by atoms with van der Waals surface area (Å²) in [7, 11) is 0. The van der Waals surface area contributed by atoms with Gasteiger partial charge in [-0.05, 0) is 42.5 Å². The van der Waals surface area contributed by atoms with E-state index in [1.165, 1.54) is 11.0 Å². The van der Waals surface area contributed by atoms with Gasteiger partial charge >= 0.3 is 0 Å². The number of carbonyl (C=O) groups is 1. The minimum absolute atomic E-state index is 0.330. The Bertz CT molecular complexity index is 590. The number of nitrogens with one attached hydrogen (secondary N) is 1. The van der Waals surface area contributed by atoms with Crippen LogP contribution in [0.3, 0.4) is 0 Å². The lowest BCUT2D eigenvalue weighted by Gasteiger charge is -2.18. The zero-order valence-corrected chi connectivity index (χ0v) is 11.2. The van der Waals surface area contributed by atoms with Crippen molar-refractivity contribution in [2.75, 3.05) is 5.32 Å². The third-order valence-corrected chi connectivity index (χ3v) is 2.73. The number of hydrogen-bond donors (Lipinski definition) is 2. The molecule has 0 atom stereocenters. The highest BCUT2D eigenvalue weighted by Crippen LogP contribution is 2.25. The molecule has 1 heterocycles. The Morgan fingerprint density at radius 1 is 1.47 bits per heavy atom. The fraction of sp³-hybridized carbons (Fsp3) is 0.273. The summed E-state index contributed by atoms with van der Waals surface area (Å²) < 4.78 is 1.46. The highest BCUT2D eigenvalue weighted by molar-refractivity contribution is 6.33. The minimum atomic E-state index is -0.992. The van der Waals surface area contributed by atoms with E-state index in [1.54, 1.807) is 32.0 Å². The quantitative estimate of drug-likeness (QED) is 0.873. The molecule has 1 aromatic heterocycles. The number of aromatic nitrogens is 4. The average Bonchev–Trinajstić information content (AvgIpc) is 2.84. The molecule has 2 rings (SSSR count). The number of amides is 1. The van der Waals surface area contributed by atoms with Gasteiger partial charge in [0.25, 0.3) is 0 Å². The van der Waals surface area contributed by atoms with Gasteiger partial charge in [0.05, 0.1) is 21.9 Å². The van der Waals surface area contributed by atoms with E-state index in [0.717, 1.165) is 0 Å². The standard InChI is InChI=1S/C11H13ClN6O/c1-11(2,13)10(19)15-9-5-7(3-4-8(9)12)18-6-14-16-17-18/h3-6H,13H2,1-2H3,(H,15,19). The second kappa shape index (κ2) is 4.94. The normalized spacial score (nSPS) is 11.4. The topological polar surface area (TPSA) is 98.7 Å². The molecule has 0 radical (unpaired) electrons. The Kier molecular flexibility index (Phi) is 3.50. The van der Waals surface area contributed by atoms with Gasteiger partial charge in [-0.25, -0.2) is 4.68 Å². The maximum atomic E-state index is 11.8. The van der Waals surface area contributed by atoms with Crippen molar-refractivity contribution in [2.45, 2.75) is 19.4 Å². The van der Waals surface area contributed by atoms with E-state index < -0.39 is 5.54 Å². The van der Waals surface area contributed by atoms with E-state index in [0.29, 0.717) is 16.4 Å². The van der Waals surface area contributed by atoms with E-state index in [-0.39, 0.29) is 5.91 Å². The number of anilines is 1. The van der Waals surface area contributed by atoms with Gasteiger partial charge in [-0.2, -0.15) is 0 Å². The van der Waals surface area contributed by atoms with Crippen molar-refractivity contribution in [3.63, 3.8) is 0 Å². The Labute approximate surface area is 114 Å². The summed E-state index contributed by atoms with van der Waals surface area (Å²) in [4.78, 5) is 11.8. The van der Waals surface area contributed by atoms with Crippen LogP contribution in [0.5, 0.6) is 0 Å². The molecular weight excluding hydrogens is 268 g/mol. The molecule has 19 heavy (non-hydrogen) atoms. The molecule has 7 nitrogen and oxygen atoms in total. The second-order valence-electron chi connectivity index (χ2n) is 4.59. The number of halogens is 1. The molecule has 2 aromatic rings. The van der Waals surface area contributed by atoms with E-state index in [4.69, 9.17) is 17.3 Å². The van der Waals surface area contributed by atoms with Crippen LogP contribution in [0, 0.1) is 0 Å². The first-order valence-corrected chi connectivity index (χ1v) is 5.89. The molecule has 0 saturated carbocycles. The Morgan fingerprint density at radius 2 is 2.21 bits per heavy atom. The smallest absolute Gasteiger partial charge is 0.243 e. The van der Waals surface area contributed by atoms with Crippen molar-refractivity contribution in [2.24, 2.45) is 5.73 Å². The van der Waals surface area contributed by atoms with Crippen molar-refractivity contribution in [1.82, 2.24) is 20.2 Å². The number of nitrogens with zero attached hydrogens (tertiary/aromatic N) is 4. The number of rotatable bonds is 3. The van der Waals surface area contributed by atoms with Gasteiger partial charge in [0, 0.05) is 0 Å². The van der Waals surface area contributed by atoms with E-state index in [2.05, 4.69) is 20.8 Å². The van der Waals surface area contributed by atoms with Gasteiger partial charge in [0.15, 0.2) is 0 Å². The molecular formula is C11H13ClN6O. The van der Waals surface area contributed by atoms with E-state index in [9.17, 15) is 4.79 Å². The molecule has 0 aliphatic rings. The van der Waals surface area contributed by atoms with Crippen molar-refractivity contribution >= 4 is 23.2 Å². The Balaban J connectivity index is 2.31. The molecule has 8 heteroatoms. The van der Waals surface area contributed by atoms with Gasteiger partial charge in [0.1, 0.15) is 6.33 Å². The fourth-order valence-electron chi connectivity index (χ4n) is 1.31. The number of nitrogens with two attached hydrogens (primary N) is 1. The first kappa shape index (κ1) is 13.4. The van der Waals surface area contributed by atoms with Crippen molar-refractivity contribution in [3.05, 3.63) is 29.5 Å². The molecule has 0 saturated heterocycles. The molecule has 1 aromatic carbocycles. The summed E-state index contributed by atoms with van der Waals surface area (Å²) >= 11 is 6.04. The predicted octanol–water partition coefficient (Wildman–Crippen LogP) is 0.991. The number of tetrazole rings is 1. The monoisotopic (exact) mass is 280 g/mol. The number of carbonyl (C=O) groups excluding carboxylic acids is 1. The zero-order valence-electron chi connectivity index (χ0n) is 10.5. The highest BCUT2D eigenvalue weighted by atomic mass is 35.5. The summed E-state index contributed by atoms with van der Waals surface area (Å²) in [5.41, 5.74) is 5.86. The van der Waals surface area contributed by atoms with Crippen LogP contribution in [-0.4, -0.2) is 31.7 Å². The maximum Gasteiger partial charge on any atom is 0.243 e.